The molecule has 1 aliphatic heterocycles. The van der Waals surface area contributed by atoms with E-state index in [1.165, 1.54) is 7.11 Å². The van der Waals surface area contributed by atoms with Gasteiger partial charge in [-0.3, -0.25) is 9.59 Å². The Labute approximate surface area is 122 Å². The van der Waals surface area contributed by atoms with Crippen LogP contribution in [0.15, 0.2) is 24.3 Å². The van der Waals surface area contributed by atoms with Crippen molar-refractivity contribution in [1.29, 1.82) is 0 Å². The lowest BCUT2D eigenvalue weighted by Gasteiger charge is -2.11. The van der Waals surface area contributed by atoms with Gasteiger partial charge in [0.15, 0.2) is 12.4 Å². The number of amides is 1. The molecule has 1 N–H and O–H groups in total. The fourth-order valence-electron chi connectivity index (χ4n) is 1.80. The third kappa shape index (κ3) is 3.81. The predicted molar refractivity (Wildman–Crippen MR) is 73.0 cm³/mol. The number of benzene rings is 1. The van der Waals surface area contributed by atoms with Gasteiger partial charge in [-0.05, 0) is 12.1 Å². The summed E-state index contributed by atoms with van der Waals surface area (Å²) >= 11 is 0. The summed E-state index contributed by atoms with van der Waals surface area (Å²) in [6.07, 6.45) is 3.90. The van der Waals surface area contributed by atoms with Crippen LogP contribution >= 0.6 is 0 Å². The Morgan fingerprint density at radius 1 is 1.43 bits per heavy atom. The minimum Gasteiger partial charge on any atom is -0.468 e. The van der Waals surface area contributed by atoms with Crippen LogP contribution < -0.4 is 5.32 Å². The highest BCUT2D eigenvalue weighted by Gasteiger charge is 2.32. The van der Waals surface area contributed by atoms with Crippen LogP contribution in [0.2, 0.25) is 0 Å². The topological polar surface area (TPSA) is 73.9 Å². The summed E-state index contributed by atoms with van der Waals surface area (Å²) in [5.74, 6) is 1.58. The molecule has 0 spiro atoms. The van der Waals surface area contributed by atoms with E-state index in [9.17, 15) is 9.59 Å². The van der Waals surface area contributed by atoms with Crippen molar-refractivity contribution in [3.05, 3.63) is 35.4 Å². The van der Waals surface area contributed by atoms with Crippen molar-refractivity contribution in [1.82, 2.24) is 5.32 Å². The summed E-state index contributed by atoms with van der Waals surface area (Å²) in [7, 11) is 1.25. The Balaban J connectivity index is 1.89. The number of carbonyl (C=O) groups excluding carboxylic acids is 2. The first-order valence-electron chi connectivity index (χ1n) is 6.32. The Morgan fingerprint density at radius 3 is 2.76 bits per heavy atom. The van der Waals surface area contributed by atoms with E-state index < -0.39 is 24.3 Å². The first kappa shape index (κ1) is 15.0. The number of ether oxygens (including phenoxy) is 3. The maximum atomic E-state index is 11.8. The quantitative estimate of drug-likeness (QED) is 0.640. The van der Waals surface area contributed by atoms with E-state index in [1.54, 1.807) is 24.3 Å². The molecule has 0 saturated carbocycles. The second kappa shape index (κ2) is 6.88. The van der Waals surface area contributed by atoms with Crippen LogP contribution in [-0.2, 0) is 23.8 Å². The van der Waals surface area contributed by atoms with E-state index in [0.717, 1.165) is 11.1 Å². The van der Waals surface area contributed by atoms with Gasteiger partial charge in [-0.25, -0.2) is 0 Å². The van der Waals surface area contributed by atoms with Crippen molar-refractivity contribution in [3.63, 3.8) is 0 Å². The number of methoxy groups -OCH3 is 1. The molecule has 21 heavy (non-hydrogen) atoms. The van der Waals surface area contributed by atoms with Crippen LogP contribution in [0.25, 0.3) is 0 Å². The molecular weight excluding hydrogens is 274 g/mol. The van der Waals surface area contributed by atoms with E-state index in [0.29, 0.717) is 0 Å². The molecule has 1 heterocycles. The second-order valence-corrected chi connectivity index (χ2v) is 4.35. The van der Waals surface area contributed by atoms with Gasteiger partial charge in [0.05, 0.1) is 13.7 Å². The highest BCUT2D eigenvalue weighted by atomic mass is 16.7. The van der Waals surface area contributed by atoms with Crippen LogP contribution in [-0.4, -0.2) is 38.2 Å². The monoisotopic (exact) mass is 289 g/mol. The number of hydrogen-bond donors (Lipinski definition) is 1. The average Bonchev–Trinajstić information content (AvgIpc) is 3.02. The maximum absolute atomic E-state index is 11.8. The van der Waals surface area contributed by atoms with Crippen molar-refractivity contribution in [2.75, 3.05) is 20.3 Å². The average molecular weight is 289 g/mol. The molecule has 2 atom stereocenters. The first-order chi connectivity index (χ1) is 10.1. The predicted octanol–water partition coefficient (Wildman–Crippen LogP) is 0.371. The van der Waals surface area contributed by atoms with Gasteiger partial charge in [0, 0.05) is 11.1 Å². The third-order valence-corrected chi connectivity index (χ3v) is 2.96. The number of nitrogens with one attached hydrogen (secondary N) is 1. The van der Waals surface area contributed by atoms with Gasteiger partial charge in [-0.15, -0.1) is 6.42 Å². The summed E-state index contributed by atoms with van der Waals surface area (Å²) in [5, 5.41) is 2.42. The highest BCUT2D eigenvalue weighted by Crippen LogP contribution is 2.27. The molecule has 1 amide bonds. The van der Waals surface area contributed by atoms with Crippen molar-refractivity contribution in [2.24, 2.45) is 0 Å². The Kier molecular flexibility index (Phi) is 4.93. The first-order valence-corrected chi connectivity index (χ1v) is 6.32. The molecule has 110 valence electrons. The van der Waals surface area contributed by atoms with Crippen molar-refractivity contribution in [3.8, 4) is 12.3 Å². The zero-order valence-corrected chi connectivity index (χ0v) is 11.5. The van der Waals surface area contributed by atoms with E-state index in [4.69, 9.17) is 15.9 Å². The minimum absolute atomic E-state index is 0.120. The lowest BCUT2D eigenvalue weighted by molar-refractivity contribution is -0.143. The van der Waals surface area contributed by atoms with Crippen LogP contribution in [0.3, 0.4) is 0 Å². The fourth-order valence-corrected chi connectivity index (χ4v) is 1.80. The van der Waals surface area contributed by atoms with Gasteiger partial charge in [0.2, 0.25) is 0 Å². The molecule has 0 aliphatic carbocycles. The van der Waals surface area contributed by atoms with Crippen LogP contribution in [0.5, 0.6) is 0 Å². The Bertz CT molecular complexity index is 560. The Hall–Kier alpha value is -2.36. The number of esters is 1. The van der Waals surface area contributed by atoms with E-state index in [2.05, 4.69) is 16.0 Å². The summed E-state index contributed by atoms with van der Waals surface area (Å²) in [6.45, 7) is -0.0781. The fraction of sp³-hybridized carbons (Fsp3) is 0.333. The van der Waals surface area contributed by atoms with Gasteiger partial charge in [0.1, 0.15) is 6.54 Å². The molecule has 6 nitrogen and oxygen atoms in total. The van der Waals surface area contributed by atoms with Gasteiger partial charge in [-0.2, -0.15) is 0 Å². The molecule has 1 aliphatic rings. The van der Waals surface area contributed by atoms with E-state index in [-0.39, 0.29) is 13.2 Å². The standard InChI is InChI=1S/C15H15NO5/c1-3-10-4-6-11(7-5-10)15-20-9-12(21-15)14(18)16-8-13(17)19-2/h1,4-7,12,15H,8-9H2,2H3,(H,16,18). The maximum Gasteiger partial charge on any atom is 0.325 e. The normalized spacial score (nSPS) is 20.6. The van der Waals surface area contributed by atoms with Gasteiger partial charge >= 0.3 is 5.97 Å². The number of terminal acetylenes is 1. The molecule has 0 aromatic heterocycles. The van der Waals surface area contributed by atoms with Gasteiger partial charge in [-0.1, -0.05) is 18.1 Å². The third-order valence-electron chi connectivity index (χ3n) is 2.96. The summed E-state index contributed by atoms with van der Waals surface area (Å²) in [4.78, 5) is 22.7. The lowest BCUT2D eigenvalue weighted by Crippen LogP contribution is -2.39. The number of rotatable bonds is 4. The number of hydrogen-bond acceptors (Lipinski definition) is 5. The molecule has 0 bridgehead atoms. The zero-order chi connectivity index (χ0) is 15.2. The van der Waals surface area contributed by atoms with E-state index >= 15 is 0 Å². The molecule has 1 saturated heterocycles. The molecule has 2 rings (SSSR count). The van der Waals surface area contributed by atoms with Crippen LogP contribution in [0.4, 0.5) is 0 Å². The zero-order valence-electron chi connectivity index (χ0n) is 11.5. The van der Waals surface area contributed by atoms with Gasteiger partial charge in [0.25, 0.3) is 5.91 Å². The largest absolute Gasteiger partial charge is 0.468 e. The molecule has 1 aromatic carbocycles. The smallest absolute Gasteiger partial charge is 0.325 e. The van der Waals surface area contributed by atoms with Crippen molar-refractivity contribution in [2.45, 2.75) is 12.4 Å². The molecule has 1 aromatic rings. The SMILES string of the molecule is C#Cc1ccc(C2OCC(C(=O)NCC(=O)OC)O2)cc1. The molecule has 2 unspecified atom stereocenters. The van der Waals surface area contributed by atoms with Crippen molar-refractivity contribution < 1.29 is 23.8 Å². The van der Waals surface area contributed by atoms with Gasteiger partial charge < -0.3 is 19.5 Å². The Morgan fingerprint density at radius 2 is 2.14 bits per heavy atom. The summed E-state index contributed by atoms with van der Waals surface area (Å²) in [5.41, 5.74) is 1.53. The molecular formula is C15H15NO5. The second-order valence-electron chi connectivity index (χ2n) is 4.35. The van der Waals surface area contributed by atoms with E-state index in [1.807, 2.05) is 0 Å². The van der Waals surface area contributed by atoms with Crippen molar-refractivity contribution >= 4 is 11.9 Å². The van der Waals surface area contributed by atoms with Crippen LogP contribution in [0.1, 0.15) is 17.4 Å². The lowest BCUT2D eigenvalue weighted by atomic mass is 10.1. The summed E-state index contributed by atoms with van der Waals surface area (Å²) < 4.78 is 15.4. The highest BCUT2D eigenvalue weighted by molar-refractivity contribution is 5.85. The molecule has 1 fully saturated rings. The number of carbonyl (C=O) groups is 2. The molecule has 6 heteroatoms. The minimum atomic E-state index is -0.757. The molecule has 0 radical (unpaired) electrons. The van der Waals surface area contributed by atoms with Crippen LogP contribution in [0, 0.1) is 12.3 Å². The summed E-state index contributed by atoms with van der Waals surface area (Å²) in [6, 6.07) is 7.11.